The van der Waals surface area contributed by atoms with Crippen molar-refractivity contribution in [1.29, 1.82) is 0 Å². The summed E-state index contributed by atoms with van der Waals surface area (Å²) in [6.45, 7) is 2.73. The van der Waals surface area contributed by atoms with Crippen molar-refractivity contribution in [2.75, 3.05) is 6.61 Å². The van der Waals surface area contributed by atoms with Gasteiger partial charge in [0.25, 0.3) is 0 Å². The van der Waals surface area contributed by atoms with Crippen LogP contribution in [-0.4, -0.2) is 6.61 Å². The van der Waals surface area contributed by atoms with Crippen LogP contribution in [0.5, 0.6) is 5.75 Å². The fraction of sp³-hybridized carbons (Fsp3) is 0.625. The first-order chi connectivity index (χ1) is 8.78. The molecule has 2 nitrogen and oxygen atoms in total. The second-order valence-electron chi connectivity index (χ2n) is 5.87. The lowest BCUT2D eigenvalue weighted by Gasteiger charge is -2.28. The Morgan fingerprint density at radius 2 is 2.00 bits per heavy atom. The smallest absolute Gasteiger partial charge is 0.119 e. The van der Waals surface area contributed by atoms with Crippen molar-refractivity contribution in [1.82, 2.24) is 0 Å². The molecule has 18 heavy (non-hydrogen) atoms. The molecule has 2 fully saturated rings. The standard InChI is InChI=1S/C16H23NO/c1-2-18-14-7-5-12(6-8-14)16(17)15-10-11-3-4-13(15)9-11/h5-8,11,13,15-16H,2-4,9-10,17H2,1H3. The Morgan fingerprint density at radius 1 is 1.22 bits per heavy atom. The molecule has 0 spiro atoms. The van der Waals surface area contributed by atoms with E-state index in [0.717, 1.165) is 24.2 Å². The highest BCUT2D eigenvalue weighted by atomic mass is 16.5. The molecule has 2 bridgehead atoms. The van der Waals surface area contributed by atoms with Gasteiger partial charge in [0.15, 0.2) is 0 Å². The SMILES string of the molecule is CCOc1ccc(C(N)C2CC3CCC2C3)cc1. The van der Waals surface area contributed by atoms with Gasteiger partial charge < -0.3 is 10.5 Å². The summed E-state index contributed by atoms with van der Waals surface area (Å²) in [5.41, 5.74) is 7.74. The lowest BCUT2D eigenvalue weighted by Crippen LogP contribution is -2.25. The van der Waals surface area contributed by atoms with Gasteiger partial charge in [-0.3, -0.25) is 0 Å². The van der Waals surface area contributed by atoms with E-state index in [4.69, 9.17) is 10.5 Å². The normalized spacial score (nSPS) is 31.6. The molecule has 1 aromatic rings. The maximum absolute atomic E-state index is 6.47. The van der Waals surface area contributed by atoms with Crippen LogP contribution in [0.1, 0.15) is 44.2 Å². The molecule has 98 valence electrons. The van der Waals surface area contributed by atoms with Gasteiger partial charge in [-0.05, 0) is 61.6 Å². The number of benzene rings is 1. The molecule has 0 aliphatic heterocycles. The van der Waals surface area contributed by atoms with Gasteiger partial charge in [-0.1, -0.05) is 18.6 Å². The highest BCUT2D eigenvalue weighted by Crippen LogP contribution is 2.51. The van der Waals surface area contributed by atoms with E-state index < -0.39 is 0 Å². The van der Waals surface area contributed by atoms with E-state index >= 15 is 0 Å². The number of nitrogens with two attached hydrogens (primary N) is 1. The van der Waals surface area contributed by atoms with E-state index in [9.17, 15) is 0 Å². The van der Waals surface area contributed by atoms with Gasteiger partial charge in [0, 0.05) is 6.04 Å². The average Bonchev–Trinajstić information content (AvgIpc) is 3.01. The highest BCUT2D eigenvalue weighted by Gasteiger charge is 2.42. The number of ether oxygens (including phenoxy) is 1. The van der Waals surface area contributed by atoms with E-state index in [2.05, 4.69) is 12.1 Å². The highest BCUT2D eigenvalue weighted by molar-refractivity contribution is 5.29. The minimum absolute atomic E-state index is 0.218. The van der Waals surface area contributed by atoms with Crippen molar-refractivity contribution in [3.05, 3.63) is 29.8 Å². The van der Waals surface area contributed by atoms with Crippen LogP contribution in [0.2, 0.25) is 0 Å². The van der Waals surface area contributed by atoms with Gasteiger partial charge in [0.1, 0.15) is 5.75 Å². The summed E-state index contributed by atoms with van der Waals surface area (Å²) in [6.07, 6.45) is 5.62. The van der Waals surface area contributed by atoms with Crippen molar-refractivity contribution in [3.63, 3.8) is 0 Å². The minimum atomic E-state index is 0.218. The molecule has 4 atom stereocenters. The van der Waals surface area contributed by atoms with Crippen LogP contribution in [0.4, 0.5) is 0 Å². The molecule has 0 saturated heterocycles. The molecule has 2 aliphatic carbocycles. The molecule has 2 aliphatic rings. The molecular formula is C16H23NO. The first-order valence-corrected chi connectivity index (χ1v) is 7.26. The van der Waals surface area contributed by atoms with Crippen molar-refractivity contribution in [2.24, 2.45) is 23.5 Å². The molecule has 3 rings (SSSR count). The molecule has 4 unspecified atom stereocenters. The van der Waals surface area contributed by atoms with E-state index in [1.54, 1.807) is 0 Å². The maximum atomic E-state index is 6.47. The van der Waals surface area contributed by atoms with Gasteiger partial charge in [0.05, 0.1) is 6.61 Å². The van der Waals surface area contributed by atoms with Gasteiger partial charge in [-0.2, -0.15) is 0 Å². The monoisotopic (exact) mass is 245 g/mol. The number of hydrogen-bond acceptors (Lipinski definition) is 2. The van der Waals surface area contributed by atoms with E-state index in [0.29, 0.717) is 5.92 Å². The van der Waals surface area contributed by atoms with Crippen molar-refractivity contribution in [2.45, 2.75) is 38.6 Å². The minimum Gasteiger partial charge on any atom is -0.494 e. The first kappa shape index (κ1) is 12.0. The predicted octanol–water partition coefficient (Wildman–Crippen LogP) is 3.52. The Bertz CT molecular complexity index is 400. The Labute approximate surface area is 110 Å². The Kier molecular flexibility index (Phi) is 3.29. The summed E-state index contributed by atoms with van der Waals surface area (Å²) < 4.78 is 5.47. The zero-order chi connectivity index (χ0) is 12.5. The predicted molar refractivity (Wildman–Crippen MR) is 73.5 cm³/mol. The van der Waals surface area contributed by atoms with Crippen LogP contribution in [0.3, 0.4) is 0 Å². The van der Waals surface area contributed by atoms with Crippen LogP contribution in [-0.2, 0) is 0 Å². The van der Waals surface area contributed by atoms with Crippen LogP contribution >= 0.6 is 0 Å². The molecule has 2 heteroatoms. The second kappa shape index (κ2) is 4.93. The van der Waals surface area contributed by atoms with Crippen LogP contribution in [0.15, 0.2) is 24.3 Å². The Balaban J connectivity index is 1.70. The van der Waals surface area contributed by atoms with Crippen LogP contribution in [0, 0.1) is 17.8 Å². The summed E-state index contributed by atoms with van der Waals surface area (Å²) in [7, 11) is 0. The second-order valence-corrected chi connectivity index (χ2v) is 5.87. The molecule has 0 radical (unpaired) electrons. The molecule has 0 amide bonds. The Hall–Kier alpha value is -1.02. The maximum Gasteiger partial charge on any atom is 0.119 e. The quantitative estimate of drug-likeness (QED) is 0.881. The lowest BCUT2D eigenvalue weighted by molar-refractivity contribution is 0.284. The summed E-state index contributed by atoms with van der Waals surface area (Å²) in [5.74, 6) is 3.51. The number of rotatable bonds is 4. The van der Waals surface area contributed by atoms with E-state index in [-0.39, 0.29) is 6.04 Å². The van der Waals surface area contributed by atoms with Crippen molar-refractivity contribution >= 4 is 0 Å². The molecule has 2 saturated carbocycles. The lowest BCUT2D eigenvalue weighted by atomic mass is 9.81. The fourth-order valence-corrected chi connectivity index (χ4v) is 3.93. The van der Waals surface area contributed by atoms with Gasteiger partial charge in [-0.25, -0.2) is 0 Å². The van der Waals surface area contributed by atoms with Gasteiger partial charge >= 0.3 is 0 Å². The summed E-state index contributed by atoms with van der Waals surface area (Å²) in [6, 6.07) is 8.59. The first-order valence-electron chi connectivity index (χ1n) is 7.26. The topological polar surface area (TPSA) is 35.2 Å². The largest absolute Gasteiger partial charge is 0.494 e. The van der Waals surface area contributed by atoms with Gasteiger partial charge in [-0.15, -0.1) is 0 Å². The molecule has 0 heterocycles. The zero-order valence-electron chi connectivity index (χ0n) is 11.1. The summed E-state index contributed by atoms with van der Waals surface area (Å²) >= 11 is 0. The summed E-state index contributed by atoms with van der Waals surface area (Å²) in [5, 5.41) is 0. The molecule has 1 aromatic carbocycles. The average molecular weight is 245 g/mol. The Morgan fingerprint density at radius 3 is 2.56 bits per heavy atom. The van der Waals surface area contributed by atoms with Crippen molar-refractivity contribution in [3.8, 4) is 5.75 Å². The zero-order valence-corrected chi connectivity index (χ0v) is 11.1. The fourth-order valence-electron chi connectivity index (χ4n) is 3.93. The van der Waals surface area contributed by atoms with Crippen LogP contribution < -0.4 is 10.5 Å². The third kappa shape index (κ3) is 2.14. The third-order valence-electron chi connectivity index (χ3n) is 4.83. The number of fused-ring (bicyclic) bond motifs is 2. The molecule has 2 N–H and O–H groups in total. The van der Waals surface area contributed by atoms with Gasteiger partial charge in [0.2, 0.25) is 0 Å². The molecule has 0 aromatic heterocycles. The van der Waals surface area contributed by atoms with E-state index in [1.165, 1.54) is 31.2 Å². The third-order valence-corrected chi connectivity index (χ3v) is 4.83. The van der Waals surface area contributed by atoms with E-state index in [1.807, 2.05) is 19.1 Å². The summed E-state index contributed by atoms with van der Waals surface area (Å²) in [4.78, 5) is 0. The molecular weight excluding hydrogens is 222 g/mol. The van der Waals surface area contributed by atoms with Crippen LogP contribution in [0.25, 0.3) is 0 Å². The van der Waals surface area contributed by atoms with Crippen molar-refractivity contribution < 1.29 is 4.74 Å². The number of hydrogen-bond donors (Lipinski definition) is 1.